The number of carbonyl (C=O) groups excluding carboxylic acids is 2. The van der Waals surface area contributed by atoms with Crippen molar-refractivity contribution in [1.29, 1.82) is 0 Å². The highest BCUT2D eigenvalue weighted by Crippen LogP contribution is 2.45. The monoisotopic (exact) mass is 776 g/mol. The number of alkyl halides is 16. The summed E-state index contributed by atoms with van der Waals surface area (Å²) in [5, 5.41) is 0. The van der Waals surface area contributed by atoms with Crippen molar-refractivity contribution < 1.29 is 89.3 Å². The average Bonchev–Trinajstić information content (AvgIpc) is 2.83. The van der Waals surface area contributed by atoms with Crippen LogP contribution >= 0.6 is 0 Å². The second-order valence-electron chi connectivity index (χ2n) is 13.8. The van der Waals surface area contributed by atoms with Crippen LogP contribution in [0.1, 0.15) is 110 Å². The largest absolute Gasteiger partial charge is 0.459 e. The molecule has 0 aromatic heterocycles. The van der Waals surface area contributed by atoms with Crippen molar-refractivity contribution >= 4 is 11.9 Å². The predicted molar refractivity (Wildman–Crippen MR) is 153 cm³/mol. The van der Waals surface area contributed by atoms with Gasteiger partial charge in [0.05, 0.1) is 11.8 Å². The summed E-state index contributed by atoms with van der Waals surface area (Å²) in [5.41, 5.74) is -10.2. The summed E-state index contributed by atoms with van der Waals surface area (Å²) >= 11 is 0. The first-order valence-electron chi connectivity index (χ1n) is 14.7. The van der Waals surface area contributed by atoms with Gasteiger partial charge in [0, 0.05) is 6.92 Å². The lowest BCUT2D eigenvalue weighted by Gasteiger charge is -2.32. The second-order valence-corrected chi connectivity index (χ2v) is 13.8. The summed E-state index contributed by atoms with van der Waals surface area (Å²) in [6.45, 7) is 15.6. The minimum absolute atomic E-state index is 0.111. The smallest absolute Gasteiger partial charge is 0.428 e. The molecule has 0 bridgehead atoms. The third-order valence-corrected chi connectivity index (χ3v) is 6.81. The lowest BCUT2D eigenvalue weighted by molar-refractivity contribution is -0.289. The van der Waals surface area contributed by atoms with Gasteiger partial charge >= 0.3 is 36.6 Å². The number of carbonyl (C=O) groups is 2. The zero-order valence-electron chi connectivity index (χ0n) is 30.2. The van der Waals surface area contributed by atoms with Crippen LogP contribution in [0, 0.1) is 17.3 Å². The molecule has 5 atom stereocenters. The molecule has 0 saturated carbocycles. The predicted octanol–water partition coefficient (Wildman–Crippen LogP) is 12.1. The molecule has 20 heteroatoms. The summed E-state index contributed by atoms with van der Waals surface area (Å²) in [4.78, 5) is 22.5. The van der Waals surface area contributed by atoms with E-state index in [0.717, 1.165) is 6.92 Å². The number of hydrogen-bond donors (Lipinski definition) is 0. The van der Waals surface area contributed by atoms with E-state index in [1.54, 1.807) is 27.7 Å². The Hall–Kier alpha value is -2.18. The summed E-state index contributed by atoms with van der Waals surface area (Å²) in [7, 11) is 0. The fourth-order valence-electron chi connectivity index (χ4n) is 2.20. The molecular formula is C30H48F16O4. The van der Waals surface area contributed by atoms with Crippen molar-refractivity contribution in [3.63, 3.8) is 0 Å². The molecule has 0 N–H and O–H groups in total. The van der Waals surface area contributed by atoms with Crippen LogP contribution in [0.4, 0.5) is 70.2 Å². The summed E-state index contributed by atoms with van der Waals surface area (Å²) < 4.78 is 202. The normalized spacial score (nSPS) is 18.0. The van der Waals surface area contributed by atoms with E-state index in [-0.39, 0.29) is 26.7 Å². The van der Waals surface area contributed by atoms with Crippen LogP contribution in [0.3, 0.4) is 0 Å². The van der Waals surface area contributed by atoms with E-state index in [9.17, 15) is 79.8 Å². The van der Waals surface area contributed by atoms with Crippen LogP contribution in [0.2, 0.25) is 0 Å². The zero-order chi connectivity index (χ0) is 42.1. The first-order chi connectivity index (χ1) is 21.2. The lowest BCUT2D eigenvalue weighted by Crippen LogP contribution is -2.51. The van der Waals surface area contributed by atoms with Gasteiger partial charge in [0.2, 0.25) is 5.67 Å². The standard InChI is InChI=1S/C10H17F3O2.C9H17FO2.C6H8F6.C5H6F6/c1-6-9(5,10(11,12)13)7(14)15-8(2,3)4;1-6-9(5,10)7(11)12-8(2,3)4;1-3(5(7,8)9)4(2)6(10,11)12;1-3(6,4(2,7)8)5(9,10)11/h6H2,1-5H3;6H2,1-5H3;3-4H,1-2H3;1-2H3. The molecule has 0 radical (unpaired) electrons. The van der Waals surface area contributed by atoms with Crippen LogP contribution in [0.5, 0.6) is 0 Å². The van der Waals surface area contributed by atoms with Crippen LogP contribution in [-0.4, -0.2) is 65.1 Å². The molecule has 0 saturated heterocycles. The van der Waals surface area contributed by atoms with Crippen LogP contribution in [0.25, 0.3) is 0 Å². The Kier molecular flexibility index (Phi) is 19.7. The Labute approximate surface area is 282 Å². The van der Waals surface area contributed by atoms with Crippen molar-refractivity contribution in [3.05, 3.63) is 0 Å². The molecule has 0 aliphatic heterocycles. The Morgan fingerprint density at radius 3 is 0.900 bits per heavy atom. The van der Waals surface area contributed by atoms with E-state index in [4.69, 9.17) is 9.47 Å². The van der Waals surface area contributed by atoms with E-state index in [0.29, 0.717) is 13.8 Å². The van der Waals surface area contributed by atoms with Gasteiger partial charge in [0.25, 0.3) is 11.6 Å². The molecule has 4 nitrogen and oxygen atoms in total. The van der Waals surface area contributed by atoms with Crippen molar-refractivity contribution in [1.82, 2.24) is 0 Å². The maximum absolute atomic E-state index is 13.3. The van der Waals surface area contributed by atoms with Gasteiger partial charge in [-0.3, -0.25) is 4.79 Å². The highest BCUT2D eigenvalue weighted by molar-refractivity contribution is 5.79. The van der Waals surface area contributed by atoms with Gasteiger partial charge in [0.15, 0.2) is 5.41 Å². The molecule has 0 aromatic rings. The molecule has 0 rings (SSSR count). The highest BCUT2D eigenvalue weighted by atomic mass is 19.4. The van der Waals surface area contributed by atoms with Gasteiger partial charge in [-0.05, 0) is 75.2 Å². The van der Waals surface area contributed by atoms with Crippen molar-refractivity contribution in [2.24, 2.45) is 17.3 Å². The van der Waals surface area contributed by atoms with Gasteiger partial charge in [-0.15, -0.1) is 0 Å². The first kappa shape index (κ1) is 54.6. The summed E-state index contributed by atoms with van der Waals surface area (Å²) in [5.74, 6) is -11.1. The molecule has 0 aliphatic carbocycles. The molecule has 0 heterocycles. The van der Waals surface area contributed by atoms with Gasteiger partial charge < -0.3 is 9.47 Å². The minimum atomic E-state index is -5.54. The molecule has 0 aliphatic rings. The Morgan fingerprint density at radius 1 is 0.480 bits per heavy atom. The summed E-state index contributed by atoms with van der Waals surface area (Å²) in [6, 6.07) is 0. The van der Waals surface area contributed by atoms with E-state index < -0.39 is 82.4 Å². The minimum Gasteiger partial charge on any atom is -0.459 e. The quantitative estimate of drug-likeness (QED) is 0.199. The van der Waals surface area contributed by atoms with Gasteiger partial charge in [-0.1, -0.05) is 27.7 Å². The lowest BCUT2D eigenvalue weighted by atomic mass is 9.86. The number of rotatable bonds is 6. The number of ether oxygens (including phenoxy) is 2. The molecule has 0 amide bonds. The van der Waals surface area contributed by atoms with E-state index in [1.165, 1.54) is 34.6 Å². The maximum Gasteiger partial charge on any atom is 0.428 e. The third kappa shape index (κ3) is 19.4. The van der Waals surface area contributed by atoms with E-state index >= 15 is 0 Å². The molecule has 0 spiro atoms. The molecule has 0 fully saturated rings. The van der Waals surface area contributed by atoms with Crippen molar-refractivity contribution in [3.8, 4) is 0 Å². The number of hydrogen-bond acceptors (Lipinski definition) is 4. The van der Waals surface area contributed by atoms with Crippen LogP contribution in [0.15, 0.2) is 0 Å². The van der Waals surface area contributed by atoms with Crippen LogP contribution < -0.4 is 0 Å². The fourth-order valence-corrected chi connectivity index (χ4v) is 2.20. The van der Waals surface area contributed by atoms with E-state index in [2.05, 4.69) is 0 Å². The average molecular weight is 777 g/mol. The Morgan fingerprint density at radius 2 is 0.760 bits per heavy atom. The Balaban J connectivity index is -0.000000284. The molecule has 50 heavy (non-hydrogen) atoms. The van der Waals surface area contributed by atoms with Gasteiger partial charge in [0.1, 0.15) is 11.2 Å². The molecule has 5 unspecified atom stereocenters. The first-order valence-corrected chi connectivity index (χ1v) is 14.7. The molecule has 0 aromatic carbocycles. The number of esters is 2. The Bertz CT molecular complexity index is 989. The number of halogens is 16. The second kappa shape index (κ2) is 18.0. The SMILES string of the molecule is CC(C(C)C(F)(F)F)C(F)(F)F.CC(F)(F)C(C)(F)C(F)(F)F.CCC(C)(C(=O)OC(C)(C)C)C(F)(F)F.CCC(C)(F)C(=O)OC(C)(C)C. The fraction of sp³-hybridized carbons (Fsp3) is 0.933. The zero-order valence-corrected chi connectivity index (χ0v) is 30.2. The van der Waals surface area contributed by atoms with E-state index in [1.807, 2.05) is 0 Å². The van der Waals surface area contributed by atoms with Gasteiger partial charge in [-0.25, -0.2) is 22.4 Å². The molecule has 304 valence electrons. The van der Waals surface area contributed by atoms with Gasteiger partial charge in [-0.2, -0.15) is 52.7 Å². The molecular weight excluding hydrogens is 728 g/mol. The maximum atomic E-state index is 13.3. The third-order valence-electron chi connectivity index (χ3n) is 6.81. The van der Waals surface area contributed by atoms with Crippen molar-refractivity contribution in [2.75, 3.05) is 0 Å². The highest BCUT2D eigenvalue weighted by Gasteiger charge is 2.65. The van der Waals surface area contributed by atoms with Crippen molar-refractivity contribution in [2.45, 2.75) is 163 Å². The van der Waals surface area contributed by atoms with Crippen LogP contribution in [-0.2, 0) is 19.1 Å². The summed E-state index contributed by atoms with van der Waals surface area (Å²) in [6.07, 6.45) is -19.9. The topological polar surface area (TPSA) is 52.6 Å².